The van der Waals surface area contributed by atoms with Gasteiger partial charge in [-0.3, -0.25) is 14.4 Å². The van der Waals surface area contributed by atoms with Gasteiger partial charge in [0.25, 0.3) is 0 Å². The summed E-state index contributed by atoms with van der Waals surface area (Å²) in [6.45, 7) is 6.68. The number of carbonyl (C=O) groups excluding carboxylic acids is 3. The SMILES string of the molecule is CCCCCCC/C=C\C/C=C\CCCCCCCCCCCCCCCCCC(=O)OCC(COC(=O)CCCCCCCCCCCCCCC)OC(=O)CCCCCCCCCCCCC/C=C\C/C=C\CCCCCCC. The molecule has 0 heterocycles. The molecule has 474 valence electrons. The van der Waals surface area contributed by atoms with Gasteiger partial charge in [0.05, 0.1) is 0 Å². The molecule has 0 bridgehead atoms. The van der Waals surface area contributed by atoms with E-state index in [1.807, 2.05) is 0 Å². The van der Waals surface area contributed by atoms with Crippen molar-refractivity contribution in [1.82, 2.24) is 0 Å². The van der Waals surface area contributed by atoms with Crippen LogP contribution < -0.4 is 0 Å². The molecule has 0 aromatic rings. The average Bonchev–Trinajstić information content (AvgIpc) is 3.46. The van der Waals surface area contributed by atoms with Crippen LogP contribution in [-0.2, 0) is 28.6 Å². The lowest BCUT2D eigenvalue weighted by Gasteiger charge is -2.18. The molecule has 0 saturated heterocycles. The van der Waals surface area contributed by atoms with Crippen LogP contribution in [0.2, 0.25) is 0 Å². The highest BCUT2D eigenvalue weighted by molar-refractivity contribution is 5.71. The van der Waals surface area contributed by atoms with Gasteiger partial charge in [-0.05, 0) is 83.5 Å². The summed E-state index contributed by atoms with van der Waals surface area (Å²) in [6.07, 6.45) is 88.5. The molecule has 0 aliphatic rings. The molecule has 0 aromatic carbocycles. The van der Waals surface area contributed by atoms with Crippen molar-refractivity contribution in [1.29, 1.82) is 0 Å². The lowest BCUT2D eigenvalue weighted by Crippen LogP contribution is -2.30. The molecule has 6 heteroatoms. The summed E-state index contributed by atoms with van der Waals surface area (Å²) in [6, 6.07) is 0. The maximum absolute atomic E-state index is 13.0. The molecule has 81 heavy (non-hydrogen) atoms. The highest BCUT2D eigenvalue weighted by Gasteiger charge is 2.19. The van der Waals surface area contributed by atoms with Crippen molar-refractivity contribution < 1.29 is 28.6 Å². The fraction of sp³-hybridized carbons (Fsp3) is 0.853. The fourth-order valence-electron chi connectivity index (χ4n) is 10.9. The minimum Gasteiger partial charge on any atom is -0.462 e. The van der Waals surface area contributed by atoms with Gasteiger partial charge in [0.2, 0.25) is 0 Å². The summed E-state index contributed by atoms with van der Waals surface area (Å²) in [4.78, 5) is 38.4. The number of rotatable bonds is 67. The van der Waals surface area contributed by atoms with Gasteiger partial charge in [-0.1, -0.05) is 339 Å². The van der Waals surface area contributed by atoms with Crippen molar-refractivity contribution in [2.45, 2.75) is 399 Å². The Hall–Kier alpha value is -2.63. The molecule has 1 unspecified atom stereocenters. The predicted molar refractivity (Wildman–Crippen MR) is 353 cm³/mol. The van der Waals surface area contributed by atoms with Crippen molar-refractivity contribution in [3.63, 3.8) is 0 Å². The third kappa shape index (κ3) is 68.0. The molecule has 0 radical (unpaired) electrons. The van der Waals surface area contributed by atoms with E-state index in [9.17, 15) is 14.4 Å². The van der Waals surface area contributed by atoms with Crippen LogP contribution in [0.25, 0.3) is 0 Å². The van der Waals surface area contributed by atoms with Gasteiger partial charge >= 0.3 is 17.9 Å². The van der Waals surface area contributed by atoms with E-state index in [-0.39, 0.29) is 31.1 Å². The summed E-state index contributed by atoms with van der Waals surface area (Å²) in [5.74, 6) is -0.843. The van der Waals surface area contributed by atoms with Crippen LogP contribution >= 0.6 is 0 Å². The Kier molecular flexibility index (Phi) is 67.6. The van der Waals surface area contributed by atoms with E-state index < -0.39 is 6.10 Å². The number of allylic oxidation sites excluding steroid dienone is 8. The van der Waals surface area contributed by atoms with Gasteiger partial charge in [-0.15, -0.1) is 0 Å². The maximum Gasteiger partial charge on any atom is 0.306 e. The van der Waals surface area contributed by atoms with E-state index in [1.165, 1.54) is 283 Å². The van der Waals surface area contributed by atoms with Crippen LogP contribution in [0.15, 0.2) is 48.6 Å². The molecule has 0 fully saturated rings. The lowest BCUT2D eigenvalue weighted by atomic mass is 10.0. The highest BCUT2D eigenvalue weighted by Crippen LogP contribution is 2.18. The first-order valence-electron chi connectivity index (χ1n) is 36.1. The monoisotopic (exact) mass is 1140 g/mol. The second-order valence-electron chi connectivity index (χ2n) is 24.5. The minimum absolute atomic E-state index is 0.0686. The molecule has 0 saturated carbocycles. The summed E-state index contributed by atoms with van der Waals surface area (Å²) in [5.41, 5.74) is 0. The van der Waals surface area contributed by atoms with Crippen molar-refractivity contribution in [2.75, 3.05) is 13.2 Å². The van der Waals surface area contributed by atoms with Gasteiger partial charge < -0.3 is 14.2 Å². The normalized spacial score (nSPS) is 12.3. The van der Waals surface area contributed by atoms with E-state index in [1.54, 1.807) is 0 Å². The Morgan fingerprint density at radius 3 is 0.679 bits per heavy atom. The van der Waals surface area contributed by atoms with E-state index in [0.717, 1.165) is 70.6 Å². The van der Waals surface area contributed by atoms with E-state index >= 15 is 0 Å². The molecule has 1 atom stereocenters. The van der Waals surface area contributed by atoms with Crippen molar-refractivity contribution >= 4 is 17.9 Å². The van der Waals surface area contributed by atoms with Gasteiger partial charge in [-0.25, -0.2) is 0 Å². The zero-order valence-corrected chi connectivity index (χ0v) is 54.6. The fourth-order valence-corrected chi connectivity index (χ4v) is 10.9. The van der Waals surface area contributed by atoms with Crippen LogP contribution in [0.4, 0.5) is 0 Å². The molecule has 0 aliphatic heterocycles. The van der Waals surface area contributed by atoms with E-state index in [0.29, 0.717) is 19.3 Å². The molecular formula is C75H138O6. The molecular weight excluding hydrogens is 997 g/mol. The number of unbranched alkanes of at least 4 members (excludes halogenated alkanes) is 48. The highest BCUT2D eigenvalue weighted by atomic mass is 16.6. The number of esters is 3. The molecule has 0 rings (SSSR count). The van der Waals surface area contributed by atoms with E-state index in [2.05, 4.69) is 69.4 Å². The molecule has 0 spiro atoms. The van der Waals surface area contributed by atoms with Crippen molar-refractivity contribution in [3.05, 3.63) is 48.6 Å². The van der Waals surface area contributed by atoms with Gasteiger partial charge in [0, 0.05) is 19.3 Å². The van der Waals surface area contributed by atoms with Crippen LogP contribution in [-0.4, -0.2) is 37.2 Å². The van der Waals surface area contributed by atoms with Crippen LogP contribution in [0.1, 0.15) is 393 Å². The summed E-state index contributed by atoms with van der Waals surface area (Å²) in [5, 5.41) is 0. The summed E-state index contributed by atoms with van der Waals surface area (Å²) < 4.78 is 17.0. The molecule has 0 aromatic heterocycles. The Balaban J connectivity index is 4.23. The van der Waals surface area contributed by atoms with Gasteiger partial charge in [0.1, 0.15) is 13.2 Å². The summed E-state index contributed by atoms with van der Waals surface area (Å²) >= 11 is 0. The largest absolute Gasteiger partial charge is 0.462 e. The number of hydrogen-bond acceptors (Lipinski definition) is 6. The second-order valence-corrected chi connectivity index (χ2v) is 24.5. The van der Waals surface area contributed by atoms with Crippen LogP contribution in [0, 0.1) is 0 Å². The average molecular weight is 1140 g/mol. The zero-order valence-electron chi connectivity index (χ0n) is 54.6. The smallest absolute Gasteiger partial charge is 0.306 e. The number of carbonyl (C=O) groups is 3. The first-order chi connectivity index (χ1) is 40.0. The van der Waals surface area contributed by atoms with Gasteiger partial charge in [-0.2, -0.15) is 0 Å². The molecule has 0 aliphatic carbocycles. The Bertz CT molecular complexity index is 1400. The molecule has 0 N–H and O–H groups in total. The van der Waals surface area contributed by atoms with Crippen LogP contribution in [0.3, 0.4) is 0 Å². The van der Waals surface area contributed by atoms with Gasteiger partial charge in [0.15, 0.2) is 6.10 Å². The third-order valence-corrected chi connectivity index (χ3v) is 16.3. The number of ether oxygens (including phenoxy) is 3. The first kappa shape index (κ1) is 78.4. The van der Waals surface area contributed by atoms with Crippen molar-refractivity contribution in [2.24, 2.45) is 0 Å². The molecule has 6 nitrogen and oxygen atoms in total. The third-order valence-electron chi connectivity index (χ3n) is 16.3. The predicted octanol–water partition coefficient (Wildman–Crippen LogP) is 24.9. The topological polar surface area (TPSA) is 78.9 Å². The Labute approximate surface area is 505 Å². The number of hydrogen-bond donors (Lipinski definition) is 0. The zero-order chi connectivity index (χ0) is 58.5. The van der Waals surface area contributed by atoms with Crippen LogP contribution in [0.5, 0.6) is 0 Å². The molecule has 0 amide bonds. The maximum atomic E-state index is 13.0. The Morgan fingerprint density at radius 2 is 0.444 bits per heavy atom. The second kappa shape index (κ2) is 69.9. The Morgan fingerprint density at radius 1 is 0.247 bits per heavy atom. The van der Waals surface area contributed by atoms with Crippen molar-refractivity contribution in [3.8, 4) is 0 Å². The standard InChI is InChI=1S/C75H138O6/c1-4-7-10-13-16-19-22-25-27-29-31-33-35-36-37-38-40-41-43-45-47-50-53-56-59-62-65-68-74(77)80-71-72(70-79-73(76)67-64-61-58-55-52-49-24-21-18-15-12-9-6-3)81-75(78)69-66-63-60-57-54-51-48-46-44-42-39-34-32-30-28-26-23-20-17-14-11-8-5-2/h22-23,25-26,29-32,72H,4-21,24,27-28,33-71H2,1-3H3/b25-22-,26-23-,31-29-,32-30-. The minimum atomic E-state index is -0.773. The lowest BCUT2D eigenvalue weighted by molar-refractivity contribution is -0.167. The van der Waals surface area contributed by atoms with E-state index in [4.69, 9.17) is 14.2 Å². The quantitative estimate of drug-likeness (QED) is 0.0261. The first-order valence-corrected chi connectivity index (χ1v) is 36.1. The summed E-state index contributed by atoms with van der Waals surface area (Å²) in [7, 11) is 0.